The summed E-state index contributed by atoms with van der Waals surface area (Å²) < 4.78 is 5.36. The highest BCUT2D eigenvalue weighted by Gasteiger charge is 2.35. The van der Waals surface area contributed by atoms with Gasteiger partial charge in [-0.15, -0.1) is 0 Å². The van der Waals surface area contributed by atoms with E-state index in [1.165, 1.54) is 19.3 Å². The first-order valence-corrected chi connectivity index (χ1v) is 7.70. The molecule has 0 aromatic heterocycles. The van der Waals surface area contributed by atoms with Crippen LogP contribution >= 0.6 is 0 Å². The van der Waals surface area contributed by atoms with Crippen molar-refractivity contribution in [3.8, 4) is 0 Å². The van der Waals surface area contributed by atoms with Crippen LogP contribution in [0.2, 0.25) is 0 Å². The number of carbonyl (C=O) groups excluding carboxylic acids is 1. The normalized spacial score (nSPS) is 24.1. The van der Waals surface area contributed by atoms with Crippen molar-refractivity contribution >= 4 is 5.91 Å². The van der Waals surface area contributed by atoms with Crippen LogP contribution in [0.1, 0.15) is 51.4 Å². The largest absolute Gasteiger partial charge is 0.381 e. The lowest BCUT2D eigenvalue weighted by molar-refractivity contribution is -0.136. The monoisotopic (exact) mass is 268 g/mol. The quantitative estimate of drug-likeness (QED) is 0.847. The van der Waals surface area contributed by atoms with E-state index in [4.69, 9.17) is 10.5 Å². The maximum absolute atomic E-state index is 12.5. The van der Waals surface area contributed by atoms with Gasteiger partial charge in [0.05, 0.1) is 0 Å². The Morgan fingerprint density at radius 2 is 1.89 bits per heavy atom. The third-order valence-electron chi connectivity index (χ3n) is 5.01. The molecule has 1 amide bonds. The van der Waals surface area contributed by atoms with Gasteiger partial charge in [-0.2, -0.15) is 0 Å². The molecule has 19 heavy (non-hydrogen) atoms. The van der Waals surface area contributed by atoms with Crippen molar-refractivity contribution in [3.05, 3.63) is 0 Å². The molecular formula is C15H28N2O2. The van der Waals surface area contributed by atoms with E-state index < -0.39 is 0 Å². The molecule has 1 heterocycles. The number of carbonyl (C=O) groups is 1. The first kappa shape index (κ1) is 14.8. The summed E-state index contributed by atoms with van der Waals surface area (Å²) in [5, 5.41) is 0. The van der Waals surface area contributed by atoms with E-state index in [1.807, 2.05) is 11.9 Å². The molecule has 0 aromatic rings. The van der Waals surface area contributed by atoms with Crippen molar-refractivity contribution < 1.29 is 9.53 Å². The second-order valence-corrected chi connectivity index (χ2v) is 6.29. The lowest BCUT2D eigenvalue weighted by Crippen LogP contribution is -2.44. The maximum Gasteiger partial charge on any atom is 0.223 e. The number of nitrogens with two attached hydrogens (primary N) is 1. The fourth-order valence-corrected chi connectivity index (χ4v) is 3.48. The molecule has 0 bridgehead atoms. The van der Waals surface area contributed by atoms with Crippen molar-refractivity contribution in [2.24, 2.45) is 11.1 Å². The first-order valence-electron chi connectivity index (χ1n) is 7.70. The summed E-state index contributed by atoms with van der Waals surface area (Å²) in [4.78, 5) is 14.5. The van der Waals surface area contributed by atoms with E-state index in [0.29, 0.717) is 19.0 Å². The van der Waals surface area contributed by atoms with Gasteiger partial charge in [-0.05, 0) is 37.6 Å². The predicted molar refractivity (Wildman–Crippen MR) is 75.8 cm³/mol. The number of hydrogen-bond donors (Lipinski definition) is 1. The molecule has 1 aliphatic carbocycles. The molecular weight excluding hydrogens is 240 g/mol. The Morgan fingerprint density at radius 1 is 1.26 bits per heavy atom. The molecule has 0 radical (unpaired) electrons. The Morgan fingerprint density at radius 3 is 2.47 bits per heavy atom. The molecule has 0 unspecified atom stereocenters. The Bertz CT molecular complexity index is 295. The summed E-state index contributed by atoms with van der Waals surface area (Å²) in [5.41, 5.74) is 6.05. The van der Waals surface area contributed by atoms with Crippen LogP contribution in [0, 0.1) is 5.41 Å². The molecule has 0 atom stereocenters. The minimum Gasteiger partial charge on any atom is -0.381 e. The van der Waals surface area contributed by atoms with E-state index in [0.717, 1.165) is 38.9 Å². The van der Waals surface area contributed by atoms with Crippen molar-refractivity contribution in [3.63, 3.8) is 0 Å². The van der Waals surface area contributed by atoms with Crippen molar-refractivity contribution in [2.45, 2.75) is 57.4 Å². The van der Waals surface area contributed by atoms with Crippen LogP contribution in [0.15, 0.2) is 0 Å². The Kier molecular flexibility index (Phi) is 5.22. The molecule has 110 valence electrons. The van der Waals surface area contributed by atoms with Gasteiger partial charge in [0.15, 0.2) is 0 Å². The summed E-state index contributed by atoms with van der Waals surface area (Å²) in [6.07, 6.45) is 8.57. The highest BCUT2D eigenvalue weighted by atomic mass is 16.5. The smallest absolute Gasteiger partial charge is 0.223 e. The minimum absolute atomic E-state index is 0.0781. The van der Waals surface area contributed by atoms with Crippen LogP contribution in [-0.2, 0) is 9.53 Å². The van der Waals surface area contributed by atoms with Gasteiger partial charge >= 0.3 is 0 Å². The van der Waals surface area contributed by atoms with Crippen LogP contribution in [0.5, 0.6) is 0 Å². The number of nitrogens with zero attached hydrogens (tertiary/aromatic N) is 1. The van der Waals surface area contributed by atoms with Crippen LogP contribution < -0.4 is 5.73 Å². The zero-order valence-corrected chi connectivity index (χ0v) is 12.2. The van der Waals surface area contributed by atoms with E-state index in [2.05, 4.69) is 0 Å². The molecule has 4 nitrogen and oxygen atoms in total. The van der Waals surface area contributed by atoms with Gasteiger partial charge in [0.1, 0.15) is 0 Å². The van der Waals surface area contributed by atoms with Gasteiger partial charge in [0.2, 0.25) is 5.91 Å². The van der Waals surface area contributed by atoms with Gasteiger partial charge in [0, 0.05) is 32.7 Å². The number of amides is 1. The molecule has 4 heteroatoms. The molecule has 2 fully saturated rings. The number of ether oxygens (including phenoxy) is 1. The van der Waals surface area contributed by atoms with Gasteiger partial charge in [-0.25, -0.2) is 0 Å². The third-order valence-corrected chi connectivity index (χ3v) is 5.01. The van der Waals surface area contributed by atoms with E-state index >= 15 is 0 Å². The molecule has 0 aromatic carbocycles. The average Bonchev–Trinajstić information content (AvgIpc) is 2.48. The van der Waals surface area contributed by atoms with Gasteiger partial charge in [0.25, 0.3) is 0 Å². The molecule has 1 saturated heterocycles. The first-order chi connectivity index (χ1) is 9.17. The summed E-state index contributed by atoms with van der Waals surface area (Å²) in [6, 6.07) is 0.361. The van der Waals surface area contributed by atoms with E-state index in [9.17, 15) is 4.79 Å². The zero-order chi connectivity index (χ0) is 13.7. The summed E-state index contributed by atoms with van der Waals surface area (Å²) in [5.74, 6) is 0.277. The second kappa shape index (κ2) is 6.71. The summed E-state index contributed by atoms with van der Waals surface area (Å²) in [6.45, 7) is 2.22. The van der Waals surface area contributed by atoms with E-state index in [1.54, 1.807) is 0 Å². The standard InChI is InChI=1S/C15H28N2O2/c1-17(13-5-9-19-10-6-13)14(18)11-15(12-16)7-3-2-4-8-15/h13H,2-12,16H2,1H3. The molecule has 0 spiro atoms. The molecule has 1 aliphatic heterocycles. The van der Waals surface area contributed by atoms with Crippen molar-refractivity contribution in [1.29, 1.82) is 0 Å². The molecule has 1 saturated carbocycles. The van der Waals surface area contributed by atoms with Gasteiger partial charge < -0.3 is 15.4 Å². The molecule has 2 N–H and O–H groups in total. The van der Waals surface area contributed by atoms with Crippen LogP contribution in [0.25, 0.3) is 0 Å². The maximum atomic E-state index is 12.5. The van der Waals surface area contributed by atoms with Crippen molar-refractivity contribution in [1.82, 2.24) is 4.90 Å². The average molecular weight is 268 g/mol. The summed E-state index contributed by atoms with van der Waals surface area (Å²) >= 11 is 0. The predicted octanol–water partition coefficient (Wildman–Crippen LogP) is 1.92. The molecule has 2 rings (SSSR count). The Balaban J connectivity index is 1.90. The summed E-state index contributed by atoms with van der Waals surface area (Å²) in [7, 11) is 1.95. The highest BCUT2D eigenvalue weighted by molar-refractivity contribution is 5.77. The second-order valence-electron chi connectivity index (χ2n) is 6.29. The molecule has 2 aliphatic rings. The van der Waals surface area contributed by atoms with Crippen LogP contribution in [0.4, 0.5) is 0 Å². The number of rotatable bonds is 4. The third kappa shape index (κ3) is 3.69. The fourth-order valence-electron chi connectivity index (χ4n) is 3.48. The Hall–Kier alpha value is -0.610. The fraction of sp³-hybridized carbons (Fsp3) is 0.933. The lowest BCUT2D eigenvalue weighted by Gasteiger charge is -2.38. The zero-order valence-electron chi connectivity index (χ0n) is 12.2. The lowest BCUT2D eigenvalue weighted by atomic mass is 9.71. The van der Waals surface area contributed by atoms with Gasteiger partial charge in [-0.1, -0.05) is 19.3 Å². The topological polar surface area (TPSA) is 55.6 Å². The SMILES string of the molecule is CN(C(=O)CC1(CN)CCCCC1)C1CCOCC1. The van der Waals surface area contributed by atoms with Gasteiger partial charge in [-0.3, -0.25) is 4.79 Å². The van der Waals surface area contributed by atoms with E-state index in [-0.39, 0.29) is 11.3 Å². The highest BCUT2D eigenvalue weighted by Crippen LogP contribution is 2.39. The minimum atomic E-state index is 0.0781. The van der Waals surface area contributed by atoms with Crippen LogP contribution in [0.3, 0.4) is 0 Å². The Labute approximate surface area is 116 Å². The van der Waals surface area contributed by atoms with Crippen molar-refractivity contribution in [2.75, 3.05) is 26.8 Å². The van der Waals surface area contributed by atoms with Crippen LogP contribution in [-0.4, -0.2) is 43.7 Å². The number of hydrogen-bond acceptors (Lipinski definition) is 3.